The number of halogens is 1. The van der Waals surface area contributed by atoms with Crippen molar-refractivity contribution in [2.75, 3.05) is 18.6 Å². The molecule has 0 unspecified atom stereocenters. The third-order valence-electron chi connectivity index (χ3n) is 3.99. The monoisotopic (exact) mass is 450 g/mol. The molecule has 0 aliphatic heterocycles. The van der Waals surface area contributed by atoms with Crippen molar-refractivity contribution in [3.63, 3.8) is 0 Å². The summed E-state index contributed by atoms with van der Waals surface area (Å²) < 4.78 is 26.4. The molecule has 0 aliphatic carbocycles. The predicted molar refractivity (Wildman–Crippen MR) is 114 cm³/mol. The fourth-order valence-corrected chi connectivity index (χ4v) is 4.06. The van der Waals surface area contributed by atoms with Crippen LogP contribution in [0.15, 0.2) is 60.0 Å². The molecule has 7 nitrogen and oxygen atoms in total. The molecule has 10 heteroatoms. The van der Waals surface area contributed by atoms with Crippen LogP contribution in [-0.4, -0.2) is 47.5 Å². The summed E-state index contributed by atoms with van der Waals surface area (Å²) in [6, 6.07) is 14.5. The maximum Gasteiger partial charge on any atom is 0.208 e. The van der Waals surface area contributed by atoms with Crippen molar-refractivity contribution in [2.24, 2.45) is 0 Å². The average molecular weight is 451 g/mol. The van der Waals surface area contributed by atoms with Crippen LogP contribution in [0.25, 0.3) is 5.69 Å². The Morgan fingerprint density at radius 1 is 1.21 bits per heavy atom. The van der Waals surface area contributed by atoms with Crippen molar-refractivity contribution in [1.82, 2.24) is 19.5 Å². The van der Waals surface area contributed by atoms with E-state index in [4.69, 9.17) is 11.6 Å². The summed E-state index contributed by atoms with van der Waals surface area (Å²) >= 11 is 7.34. The second kappa shape index (κ2) is 9.53. The van der Waals surface area contributed by atoms with Gasteiger partial charge in [-0.3, -0.25) is 9.36 Å². The molecule has 0 spiro atoms. The summed E-state index contributed by atoms with van der Waals surface area (Å²) in [6.07, 6.45) is 3.26. The van der Waals surface area contributed by atoms with Gasteiger partial charge in [-0.05, 0) is 30.2 Å². The highest BCUT2D eigenvalue weighted by atomic mass is 35.5. The largest absolute Gasteiger partial charge is 0.293 e. The number of sulfonamides is 1. The van der Waals surface area contributed by atoms with E-state index in [1.165, 1.54) is 11.8 Å². The van der Waals surface area contributed by atoms with Crippen LogP contribution in [0.5, 0.6) is 0 Å². The minimum atomic E-state index is -3.20. The summed E-state index contributed by atoms with van der Waals surface area (Å²) in [5, 5.41) is 9.21. The quantitative estimate of drug-likeness (QED) is 0.398. The van der Waals surface area contributed by atoms with Crippen LogP contribution in [0.2, 0.25) is 5.02 Å². The van der Waals surface area contributed by atoms with Gasteiger partial charge in [0.05, 0.1) is 17.7 Å². The molecular formula is C19H19ClN4O3S2. The van der Waals surface area contributed by atoms with Gasteiger partial charge < -0.3 is 0 Å². The van der Waals surface area contributed by atoms with Crippen LogP contribution in [-0.2, 0) is 16.4 Å². The summed E-state index contributed by atoms with van der Waals surface area (Å²) in [5.41, 5.74) is 2.36. The van der Waals surface area contributed by atoms with E-state index >= 15 is 0 Å². The van der Waals surface area contributed by atoms with Crippen LogP contribution in [0.3, 0.4) is 0 Å². The highest BCUT2D eigenvalue weighted by molar-refractivity contribution is 7.99. The Bertz CT molecular complexity index is 1100. The number of Topliss-reactive ketones (excluding diaryl/α,β-unsaturated/α-hetero) is 1. The SMILES string of the molecule is CS(=O)(=O)NCCc1ccc(C(=O)CSc2nncn2-c2cccc(Cl)c2)cc1. The molecule has 29 heavy (non-hydrogen) atoms. The van der Waals surface area contributed by atoms with E-state index in [1.54, 1.807) is 35.2 Å². The maximum absolute atomic E-state index is 12.5. The van der Waals surface area contributed by atoms with E-state index in [-0.39, 0.29) is 11.5 Å². The van der Waals surface area contributed by atoms with Gasteiger partial charge in [0.1, 0.15) is 6.33 Å². The van der Waals surface area contributed by atoms with Crippen LogP contribution >= 0.6 is 23.4 Å². The van der Waals surface area contributed by atoms with Gasteiger partial charge in [0, 0.05) is 17.1 Å². The molecule has 2 aromatic carbocycles. The molecule has 0 atom stereocenters. The molecule has 0 aliphatic rings. The van der Waals surface area contributed by atoms with E-state index in [2.05, 4.69) is 14.9 Å². The number of carbonyl (C=O) groups excluding carboxylic acids is 1. The number of nitrogens with one attached hydrogen (secondary N) is 1. The van der Waals surface area contributed by atoms with Gasteiger partial charge in [-0.15, -0.1) is 10.2 Å². The summed E-state index contributed by atoms with van der Waals surface area (Å²) in [4.78, 5) is 12.5. The van der Waals surface area contributed by atoms with Crippen molar-refractivity contribution in [3.05, 3.63) is 71.0 Å². The standard InChI is InChI=1S/C19H19ClN4O3S2/c1-29(26,27)22-10-9-14-5-7-15(8-6-14)18(25)12-28-19-23-21-13-24(19)17-4-2-3-16(20)11-17/h2-8,11,13,22H,9-10,12H2,1H3. The minimum Gasteiger partial charge on any atom is -0.293 e. The normalized spacial score (nSPS) is 11.5. The van der Waals surface area contributed by atoms with Gasteiger partial charge in [0.25, 0.3) is 0 Å². The number of benzene rings is 2. The first-order valence-electron chi connectivity index (χ1n) is 8.67. The lowest BCUT2D eigenvalue weighted by atomic mass is 10.1. The number of hydrogen-bond donors (Lipinski definition) is 1. The van der Waals surface area contributed by atoms with Crippen LogP contribution in [0.1, 0.15) is 15.9 Å². The maximum atomic E-state index is 12.5. The van der Waals surface area contributed by atoms with Crippen molar-refractivity contribution < 1.29 is 13.2 Å². The fourth-order valence-electron chi connectivity index (χ4n) is 2.58. The molecule has 0 bridgehead atoms. The smallest absolute Gasteiger partial charge is 0.208 e. The summed E-state index contributed by atoms with van der Waals surface area (Å²) in [5.74, 6) is 0.185. The van der Waals surface area contributed by atoms with E-state index < -0.39 is 10.0 Å². The number of hydrogen-bond acceptors (Lipinski definition) is 6. The van der Waals surface area contributed by atoms with E-state index in [0.29, 0.717) is 28.7 Å². The van der Waals surface area contributed by atoms with Crippen LogP contribution in [0.4, 0.5) is 0 Å². The Morgan fingerprint density at radius 2 is 1.97 bits per heavy atom. The molecule has 1 N–H and O–H groups in total. The Kier molecular flexibility index (Phi) is 7.07. The van der Waals surface area contributed by atoms with Gasteiger partial charge in [0.2, 0.25) is 10.0 Å². The topological polar surface area (TPSA) is 93.9 Å². The predicted octanol–water partition coefficient (Wildman–Crippen LogP) is 2.99. The lowest BCUT2D eigenvalue weighted by Crippen LogP contribution is -2.24. The van der Waals surface area contributed by atoms with Crippen molar-refractivity contribution in [2.45, 2.75) is 11.6 Å². The molecule has 0 saturated carbocycles. The zero-order chi connectivity index (χ0) is 20.9. The lowest BCUT2D eigenvalue weighted by Gasteiger charge is -2.07. The minimum absolute atomic E-state index is 0.0311. The van der Waals surface area contributed by atoms with Gasteiger partial charge in [-0.25, -0.2) is 13.1 Å². The molecule has 0 fully saturated rings. The second-order valence-electron chi connectivity index (χ2n) is 6.29. The first-order chi connectivity index (χ1) is 13.8. The third kappa shape index (κ3) is 6.40. The van der Waals surface area contributed by atoms with Crippen molar-refractivity contribution in [1.29, 1.82) is 0 Å². The molecule has 3 rings (SSSR count). The number of thioether (sulfide) groups is 1. The fraction of sp³-hybridized carbons (Fsp3) is 0.211. The Morgan fingerprint density at radius 3 is 2.66 bits per heavy atom. The highest BCUT2D eigenvalue weighted by Crippen LogP contribution is 2.22. The summed E-state index contributed by atoms with van der Waals surface area (Å²) in [7, 11) is -3.20. The van der Waals surface area contributed by atoms with Crippen LogP contribution in [0, 0.1) is 0 Å². The zero-order valence-corrected chi connectivity index (χ0v) is 18.0. The number of carbonyl (C=O) groups is 1. The van der Waals surface area contributed by atoms with Crippen molar-refractivity contribution >= 4 is 39.2 Å². The Labute approximate surface area is 178 Å². The molecule has 0 saturated heterocycles. The number of rotatable bonds is 9. The van der Waals surface area contributed by atoms with Gasteiger partial charge >= 0.3 is 0 Å². The van der Waals surface area contributed by atoms with E-state index in [1.807, 2.05) is 24.3 Å². The second-order valence-corrected chi connectivity index (χ2v) is 9.50. The van der Waals surface area contributed by atoms with E-state index in [9.17, 15) is 13.2 Å². The lowest BCUT2D eigenvalue weighted by molar-refractivity contribution is 0.102. The Hall–Kier alpha value is -2.20. The molecular weight excluding hydrogens is 432 g/mol. The molecule has 3 aromatic rings. The summed E-state index contributed by atoms with van der Waals surface area (Å²) in [6.45, 7) is 0.321. The number of ketones is 1. The molecule has 1 heterocycles. The average Bonchev–Trinajstić information content (AvgIpc) is 3.14. The highest BCUT2D eigenvalue weighted by Gasteiger charge is 2.12. The molecule has 1 aromatic heterocycles. The van der Waals surface area contributed by atoms with Gasteiger partial charge in [0.15, 0.2) is 10.9 Å². The Balaban J connectivity index is 1.58. The molecule has 0 amide bonds. The van der Waals surface area contributed by atoms with E-state index in [0.717, 1.165) is 17.5 Å². The third-order valence-corrected chi connectivity index (χ3v) is 5.90. The van der Waals surface area contributed by atoms with Gasteiger partial charge in [-0.2, -0.15) is 0 Å². The number of aromatic nitrogens is 3. The first-order valence-corrected chi connectivity index (χ1v) is 11.9. The number of nitrogens with zero attached hydrogens (tertiary/aromatic N) is 3. The molecule has 0 radical (unpaired) electrons. The zero-order valence-electron chi connectivity index (χ0n) is 15.6. The molecule has 152 valence electrons. The van der Waals surface area contributed by atoms with Crippen LogP contribution < -0.4 is 4.72 Å². The van der Waals surface area contributed by atoms with Gasteiger partial charge in [-0.1, -0.05) is 53.7 Å². The first kappa shape index (κ1) is 21.5. The van der Waals surface area contributed by atoms with Crippen molar-refractivity contribution in [3.8, 4) is 5.69 Å².